The van der Waals surface area contributed by atoms with Crippen LogP contribution >= 0.6 is 0 Å². The van der Waals surface area contributed by atoms with Crippen molar-refractivity contribution >= 4 is 27.8 Å². The summed E-state index contributed by atoms with van der Waals surface area (Å²) in [6, 6.07) is 62.0. The highest BCUT2D eigenvalue weighted by atomic mass is 15.1. The van der Waals surface area contributed by atoms with E-state index in [9.17, 15) is 0 Å². The molecule has 3 aliphatic carbocycles. The molecule has 0 bridgehead atoms. The van der Waals surface area contributed by atoms with Crippen molar-refractivity contribution < 1.29 is 0 Å². The lowest BCUT2D eigenvalue weighted by Crippen LogP contribution is -2.18. The highest BCUT2D eigenvalue weighted by Crippen LogP contribution is 2.56. The molecule has 0 saturated carbocycles. The molecule has 0 aromatic heterocycles. The van der Waals surface area contributed by atoms with Crippen LogP contribution in [0.25, 0.3) is 55.3 Å². The number of rotatable bonds is 4. The van der Waals surface area contributed by atoms with E-state index >= 15 is 0 Å². The molecule has 0 heterocycles. The van der Waals surface area contributed by atoms with Crippen LogP contribution in [0.1, 0.15) is 74.9 Å². The van der Waals surface area contributed by atoms with Gasteiger partial charge in [0.1, 0.15) is 0 Å². The van der Waals surface area contributed by atoms with E-state index < -0.39 is 0 Å². The zero-order chi connectivity index (χ0) is 38.1. The van der Waals surface area contributed by atoms with Gasteiger partial charge in [0.2, 0.25) is 0 Å². The molecule has 8 aromatic carbocycles. The Hall–Kier alpha value is -6.18. The Balaban J connectivity index is 1.15. The third kappa shape index (κ3) is 4.43. The normalized spacial score (nSPS) is 15.8. The minimum Gasteiger partial charge on any atom is -0.310 e. The van der Waals surface area contributed by atoms with Crippen molar-refractivity contribution in [1.29, 1.82) is 0 Å². The topological polar surface area (TPSA) is 3.24 Å². The summed E-state index contributed by atoms with van der Waals surface area (Å²) in [6.45, 7) is 14.3. The molecule has 0 unspecified atom stereocenters. The number of benzene rings is 8. The quantitative estimate of drug-likeness (QED) is 0.175. The number of nitrogens with zero attached hydrogens (tertiary/aromatic N) is 1. The first kappa shape index (κ1) is 33.2. The highest BCUT2D eigenvalue weighted by Gasteiger charge is 2.39. The second-order valence-electron chi connectivity index (χ2n) is 17.8. The molecule has 0 radical (unpaired) electrons. The fourth-order valence-electron chi connectivity index (χ4n) is 10.7. The van der Waals surface area contributed by atoms with Crippen molar-refractivity contribution in [3.63, 3.8) is 0 Å². The Morgan fingerprint density at radius 3 is 1.39 bits per heavy atom. The zero-order valence-corrected chi connectivity index (χ0v) is 33.0. The standard InChI is InChI=1S/C55H45N/c1-53(2)45-23-12-9-20-40(45)42-28-26-37(32-48(42)53)56(38-27-29-43-41-21-10-13-24-46(41)54(3,4)49(43)33-38)36-18-15-17-35(30-36)51-39-19-8-7-16-34(39)31-50-52(51)44-22-11-14-25-47(44)55(50,5)6/h7-33H,1-6H3. The van der Waals surface area contributed by atoms with Gasteiger partial charge in [0.05, 0.1) is 0 Å². The Bertz CT molecular complexity index is 2850. The fourth-order valence-corrected chi connectivity index (χ4v) is 10.7. The minimum atomic E-state index is -0.110. The Morgan fingerprint density at radius 1 is 0.321 bits per heavy atom. The summed E-state index contributed by atoms with van der Waals surface area (Å²) < 4.78 is 0. The van der Waals surface area contributed by atoms with Gasteiger partial charge in [0.15, 0.2) is 0 Å². The predicted molar refractivity (Wildman–Crippen MR) is 237 cm³/mol. The molecule has 0 N–H and O–H groups in total. The molecule has 11 rings (SSSR count). The third-order valence-electron chi connectivity index (χ3n) is 13.6. The summed E-state index contributed by atoms with van der Waals surface area (Å²) >= 11 is 0. The Labute approximate surface area is 330 Å². The molecule has 56 heavy (non-hydrogen) atoms. The highest BCUT2D eigenvalue weighted by molar-refractivity contribution is 6.08. The summed E-state index contributed by atoms with van der Waals surface area (Å²) in [6.07, 6.45) is 0. The summed E-state index contributed by atoms with van der Waals surface area (Å²) in [4.78, 5) is 2.51. The summed E-state index contributed by atoms with van der Waals surface area (Å²) in [5.74, 6) is 0. The molecule has 3 aliphatic rings. The summed E-state index contributed by atoms with van der Waals surface area (Å²) in [7, 11) is 0. The molecule has 0 spiro atoms. The lowest BCUT2D eigenvalue weighted by Gasteiger charge is -2.30. The third-order valence-corrected chi connectivity index (χ3v) is 13.6. The monoisotopic (exact) mass is 719 g/mol. The predicted octanol–water partition coefficient (Wildman–Crippen LogP) is 14.9. The van der Waals surface area contributed by atoms with E-state index in [2.05, 4.69) is 210 Å². The zero-order valence-electron chi connectivity index (χ0n) is 33.0. The molecule has 1 nitrogen and oxygen atoms in total. The first-order valence-electron chi connectivity index (χ1n) is 20.1. The molecule has 0 atom stereocenters. The van der Waals surface area contributed by atoms with Gasteiger partial charge in [0.25, 0.3) is 0 Å². The maximum atomic E-state index is 2.51. The van der Waals surface area contributed by atoms with Crippen LogP contribution < -0.4 is 4.90 Å². The molecule has 1 heteroatoms. The van der Waals surface area contributed by atoms with Crippen molar-refractivity contribution in [2.45, 2.75) is 57.8 Å². The van der Waals surface area contributed by atoms with E-state index in [4.69, 9.17) is 0 Å². The second kappa shape index (κ2) is 11.4. The smallest absolute Gasteiger partial charge is 0.0467 e. The van der Waals surface area contributed by atoms with E-state index in [0.29, 0.717) is 0 Å². The van der Waals surface area contributed by atoms with Crippen LogP contribution in [-0.2, 0) is 16.2 Å². The van der Waals surface area contributed by atoms with Crippen LogP contribution in [0.2, 0.25) is 0 Å². The van der Waals surface area contributed by atoms with Gasteiger partial charge in [-0.1, -0.05) is 163 Å². The first-order valence-corrected chi connectivity index (χ1v) is 20.1. The Morgan fingerprint density at radius 2 is 0.786 bits per heavy atom. The van der Waals surface area contributed by atoms with Crippen LogP contribution in [0.4, 0.5) is 17.1 Å². The SMILES string of the molecule is CC1(C)c2ccccc2-c2ccc(N(c3cccc(-c4c5c(cc6ccccc46)C(C)(C)c4ccccc4-5)c3)c3ccc4c(c3)C(C)(C)c3ccccc3-4)cc21. The Kier molecular flexibility index (Phi) is 6.77. The number of anilines is 3. The van der Waals surface area contributed by atoms with Crippen molar-refractivity contribution in [2.24, 2.45) is 0 Å². The van der Waals surface area contributed by atoms with Gasteiger partial charge in [0, 0.05) is 33.3 Å². The molecule has 0 amide bonds. The average Bonchev–Trinajstić information content (AvgIpc) is 3.69. The maximum Gasteiger partial charge on any atom is 0.0467 e. The van der Waals surface area contributed by atoms with Crippen molar-refractivity contribution in [3.8, 4) is 44.5 Å². The minimum absolute atomic E-state index is 0.0993. The van der Waals surface area contributed by atoms with Crippen LogP contribution in [0.3, 0.4) is 0 Å². The van der Waals surface area contributed by atoms with E-state index in [1.165, 1.54) is 100 Å². The van der Waals surface area contributed by atoms with Crippen molar-refractivity contribution in [2.75, 3.05) is 4.90 Å². The van der Waals surface area contributed by atoms with Crippen LogP contribution in [0.15, 0.2) is 164 Å². The first-order chi connectivity index (χ1) is 27.0. The van der Waals surface area contributed by atoms with Gasteiger partial charge in [-0.2, -0.15) is 0 Å². The number of hydrogen-bond acceptors (Lipinski definition) is 1. The van der Waals surface area contributed by atoms with Gasteiger partial charge < -0.3 is 4.90 Å². The molecule has 0 saturated heterocycles. The van der Waals surface area contributed by atoms with Gasteiger partial charge in [-0.15, -0.1) is 0 Å². The van der Waals surface area contributed by atoms with Crippen LogP contribution in [0, 0.1) is 0 Å². The van der Waals surface area contributed by atoms with Gasteiger partial charge in [-0.3, -0.25) is 0 Å². The molecule has 0 aliphatic heterocycles. The summed E-state index contributed by atoms with van der Waals surface area (Å²) in [5.41, 5.74) is 22.1. The largest absolute Gasteiger partial charge is 0.310 e. The van der Waals surface area contributed by atoms with Crippen LogP contribution in [0.5, 0.6) is 0 Å². The molecular formula is C55H45N. The number of fused-ring (bicyclic) bond motifs is 10. The maximum absolute atomic E-state index is 2.51. The number of hydrogen-bond donors (Lipinski definition) is 0. The van der Waals surface area contributed by atoms with Crippen molar-refractivity contribution in [3.05, 3.63) is 197 Å². The molecule has 8 aromatic rings. The fraction of sp³-hybridized carbons (Fsp3) is 0.164. The van der Waals surface area contributed by atoms with E-state index in [0.717, 1.165) is 5.69 Å². The van der Waals surface area contributed by atoms with Crippen LogP contribution in [-0.4, -0.2) is 0 Å². The van der Waals surface area contributed by atoms with Gasteiger partial charge >= 0.3 is 0 Å². The van der Waals surface area contributed by atoms with E-state index in [1.807, 2.05) is 0 Å². The molecule has 270 valence electrons. The molecule has 0 fully saturated rings. The second-order valence-corrected chi connectivity index (χ2v) is 17.8. The van der Waals surface area contributed by atoms with Gasteiger partial charge in [-0.05, 0) is 131 Å². The lowest BCUT2D eigenvalue weighted by molar-refractivity contribution is 0.660. The molecular weight excluding hydrogens is 675 g/mol. The van der Waals surface area contributed by atoms with Gasteiger partial charge in [-0.25, -0.2) is 0 Å². The average molecular weight is 720 g/mol. The van der Waals surface area contributed by atoms with E-state index in [-0.39, 0.29) is 16.2 Å². The summed E-state index contributed by atoms with van der Waals surface area (Å²) in [5, 5.41) is 2.57. The lowest BCUT2D eigenvalue weighted by atomic mass is 9.80. The van der Waals surface area contributed by atoms with Crippen molar-refractivity contribution in [1.82, 2.24) is 0 Å². The van der Waals surface area contributed by atoms with E-state index in [1.54, 1.807) is 0 Å².